The Bertz CT molecular complexity index is 710. The Morgan fingerprint density at radius 3 is 2.63 bits per heavy atom. The highest BCUT2D eigenvalue weighted by Gasteiger charge is 2.06. The van der Waals surface area contributed by atoms with Crippen molar-refractivity contribution in [3.05, 3.63) is 65.4 Å². The molecule has 0 saturated heterocycles. The summed E-state index contributed by atoms with van der Waals surface area (Å²) in [7, 11) is 0. The van der Waals surface area contributed by atoms with Crippen molar-refractivity contribution in [2.45, 2.75) is 20.5 Å². The molecule has 96 valence electrons. The largest absolute Gasteiger partial charge is 0.486 e. The fraction of sp³-hybridized carbons (Fsp3) is 0.176. The summed E-state index contributed by atoms with van der Waals surface area (Å²) in [6.07, 6.45) is 0. The van der Waals surface area contributed by atoms with Crippen molar-refractivity contribution >= 4 is 11.0 Å². The molecule has 2 aromatic carbocycles. The van der Waals surface area contributed by atoms with E-state index < -0.39 is 0 Å². The van der Waals surface area contributed by atoms with Crippen LogP contribution in [0.25, 0.3) is 11.0 Å². The Kier molecular flexibility index (Phi) is 3.00. The van der Waals surface area contributed by atoms with Gasteiger partial charge in [-0.25, -0.2) is 0 Å². The van der Waals surface area contributed by atoms with Gasteiger partial charge in [0.2, 0.25) is 0 Å². The van der Waals surface area contributed by atoms with E-state index >= 15 is 0 Å². The predicted octanol–water partition coefficient (Wildman–Crippen LogP) is 4.63. The van der Waals surface area contributed by atoms with Gasteiger partial charge in [-0.2, -0.15) is 0 Å². The molecule has 0 aliphatic rings. The van der Waals surface area contributed by atoms with Crippen LogP contribution in [0.2, 0.25) is 0 Å². The summed E-state index contributed by atoms with van der Waals surface area (Å²) in [6.45, 7) is 4.56. The van der Waals surface area contributed by atoms with E-state index in [0.29, 0.717) is 6.61 Å². The van der Waals surface area contributed by atoms with Crippen LogP contribution in [-0.2, 0) is 6.61 Å². The predicted molar refractivity (Wildman–Crippen MR) is 76.5 cm³/mol. The van der Waals surface area contributed by atoms with Crippen LogP contribution in [0.5, 0.6) is 5.75 Å². The fourth-order valence-electron chi connectivity index (χ4n) is 2.19. The molecule has 0 atom stereocenters. The van der Waals surface area contributed by atoms with Gasteiger partial charge in [-0.3, -0.25) is 0 Å². The van der Waals surface area contributed by atoms with Crippen LogP contribution < -0.4 is 4.74 Å². The van der Waals surface area contributed by atoms with Crippen LogP contribution in [0, 0.1) is 13.8 Å². The monoisotopic (exact) mass is 252 g/mol. The first kappa shape index (κ1) is 11.8. The highest BCUT2D eigenvalue weighted by Crippen LogP contribution is 2.23. The van der Waals surface area contributed by atoms with Crippen molar-refractivity contribution in [3.8, 4) is 5.75 Å². The van der Waals surface area contributed by atoms with E-state index in [1.807, 2.05) is 30.3 Å². The number of hydrogen-bond donors (Lipinski definition) is 0. The van der Waals surface area contributed by atoms with Crippen LogP contribution in [-0.4, -0.2) is 0 Å². The highest BCUT2D eigenvalue weighted by molar-refractivity contribution is 5.80. The number of hydrogen-bond acceptors (Lipinski definition) is 2. The van der Waals surface area contributed by atoms with Crippen LogP contribution in [0.3, 0.4) is 0 Å². The number of aryl methyl sites for hydroxylation is 2. The quantitative estimate of drug-likeness (QED) is 0.678. The second kappa shape index (κ2) is 4.81. The van der Waals surface area contributed by atoms with Gasteiger partial charge in [0.1, 0.15) is 23.7 Å². The number of rotatable bonds is 3. The Morgan fingerprint density at radius 1 is 1.00 bits per heavy atom. The fourth-order valence-corrected chi connectivity index (χ4v) is 2.19. The van der Waals surface area contributed by atoms with Gasteiger partial charge in [-0.1, -0.05) is 30.3 Å². The molecule has 1 heterocycles. The van der Waals surface area contributed by atoms with Crippen molar-refractivity contribution in [2.24, 2.45) is 0 Å². The van der Waals surface area contributed by atoms with Gasteiger partial charge < -0.3 is 9.15 Å². The normalized spacial score (nSPS) is 10.8. The van der Waals surface area contributed by atoms with Crippen LogP contribution in [0.1, 0.15) is 16.9 Å². The number of fused-ring (bicyclic) bond motifs is 1. The molecule has 0 fully saturated rings. The zero-order valence-electron chi connectivity index (χ0n) is 11.1. The first-order valence-corrected chi connectivity index (χ1v) is 6.40. The minimum Gasteiger partial charge on any atom is -0.486 e. The Labute approximate surface area is 112 Å². The molecule has 0 aliphatic carbocycles. The molecule has 0 bridgehead atoms. The van der Waals surface area contributed by atoms with Gasteiger partial charge in [-0.15, -0.1) is 0 Å². The lowest BCUT2D eigenvalue weighted by Gasteiger charge is -2.04. The summed E-state index contributed by atoms with van der Waals surface area (Å²) in [4.78, 5) is 0. The number of para-hydroxylation sites is 1. The third kappa shape index (κ3) is 2.48. The van der Waals surface area contributed by atoms with E-state index in [1.165, 1.54) is 5.56 Å². The molecule has 0 aliphatic heterocycles. The SMILES string of the molecule is Cc1cccc(OCc2cc3cccc(C)c3o2)c1. The second-order valence-corrected chi connectivity index (χ2v) is 4.81. The summed E-state index contributed by atoms with van der Waals surface area (Å²) in [6, 6.07) is 16.2. The molecule has 19 heavy (non-hydrogen) atoms. The Balaban J connectivity index is 1.80. The zero-order valence-corrected chi connectivity index (χ0v) is 11.1. The van der Waals surface area contributed by atoms with Crippen molar-refractivity contribution in [1.82, 2.24) is 0 Å². The highest BCUT2D eigenvalue weighted by atomic mass is 16.5. The summed E-state index contributed by atoms with van der Waals surface area (Å²) in [5.74, 6) is 1.72. The van der Waals surface area contributed by atoms with Gasteiger partial charge in [-0.05, 0) is 43.2 Å². The molecule has 0 unspecified atom stereocenters. The smallest absolute Gasteiger partial charge is 0.146 e. The average molecular weight is 252 g/mol. The molecule has 2 heteroatoms. The molecule has 0 N–H and O–H groups in total. The standard InChI is InChI=1S/C17H16O2/c1-12-5-3-8-15(9-12)18-11-16-10-14-7-4-6-13(2)17(14)19-16/h3-10H,11H2,1-2H3. The summed E-state index contributed by atoms with van der Waals surface area (Å²) in [5.41, 5.74) is 3.29. The molecule has 3 rings (SSSR count). The summed E-state index contributed by atoms with van der Waals surface area (Å²) in [5, 5.41) is 1.13. The first-order chi connectivity index (χ1) is 9.22. The van der Waals surface area contributed by atoms with Crippen LogP contribution in [0.4, 0.5) is 0 Å². The molecule has 1 aromatic heterocycles. The van der Waals surface area contributed by atoms with E-state index in [1.54, 1.807) is 0 Å². The molecule has 3 aromatic rings. The number of benzene rings is 2. The maximum Gasteiger partial charge on any atom is 0.146 e. The van der Waals surface area contributed by atoms with Crippen LogP contribution in [0.15, 0.2) is 52.9 Å². The number of furan rings is 1. The topological polar surface area (TPSA) is 22.4 Å². The lowest BCUT2D eigenvalue weighted by Crippen LogP contribution is -1.93. The van der Waals surface area contributed by atoms with E-state index in [2.05, 4.69) is 32.0 Å². The van der Waals surface area contributed by atoms with Crippen molar-refractivity contribution in [3.63, 3.8) is 0 Å². The van der Waals surface area contributed by atoms with Crippen LogP contribution >= 0.6 is 0 Å². The Morgan fingerprint density at radius 2 is 1.84 bits per heavy atom. The van der Waals surface area contributed by atoms with E-state index in [0.717, 1.165) is 28.0 Å². The summed E-state index contributed by atoms with van der Waals surface area (Å²) >= 11 is 0. The lowest BCUT2D eigenvalue weighted by molar-refractivity contribution is 0.274. The second-order valence-electron chi connectivity index (χ2n) is 4.81. The zero-order chi connectivity index (χ0) is 13.2. The third-order valence-electron chi connectivity index (χ3n) is 3.16. The van der Waals surface area contributed by atoms with E-state index in [9.17, 15) is 0 Å². The molecular weight excluding hydrogens is 236 g/mol. The minimum absolute atomic E-state index is 0.456. The molecule has 0 amide bonds. The molecule has 0 spiro atoms. The Hall–Kier alpha value is -2.22. The maximum atomic E-state index is 5.83. The molecule has 0 radical (unpaired) electrons. The minimum atomic E-state index is 0.456. The number of ether oxygens (including phenoxy) is 1. The van der Waals surface area contributed by atoms with Gasteiger partial charge in [0.15, 0.2) is 0 Å². The average Bonchev–Trinajstić information content (AvgIpc) is 2.81. The molecule has 2 nitrogen and oxygen atoms in total. The van der Waals surface area contributed by atoms with Crippen molar-refractivity contribution in [1.29, 1.82) is 0 Å². The lowest BCUT2D eigenvalue weighted by atomic mass is 10.2. The molecular formula is C17H16O2. The third-order valence-corrected chi connectivity index (χ3v) is 3.16. The van der Waals surface area contributed by atoms with Gasteiger partial charge in [0.25, 0.3) is 0 Å². The maximum absolute atomic E-state index is 5.83. The molecule has 0 saturated carbocycles. The van der Waals surface area contributed by atoms with Gasteiger partial charge in [0.05, 0.1) is 0 Å². The van der Waals surface area contributed by atoms with E-state index in [-0.39, 0.29) is 0 Å². The first-order valence-electron chi connectivity index (χ1n) is 6.40. The van der Waals surface area contributed by atoms with Gasteiger partial charge in [0, 0.05) is 5.39 Å². The van der Waals surface area contributed by atoms with E-state index in [4.69, 9.17) is 9.15 Å². The van der Waals surface area contributed by atoms with Crippen molar-refractivity contribution < 1.29 is 9.15 Å². The van der Waals surface area contributed by atoms with Gasteiger partial charge >= 0.3 is 0 Å². The summed E-state index contributed by atoms with van der Waals surface area (Å²) < 4.78 is 11.6. The van der Waals surface area contributed by atoms with Crippen molar-refractivity contribution in [2.75, 3.05) is 0 Å².